The fourth-order valence-electron chi connectivity index (χ4n) is 4.51. The molecule has 0 aromatic heterocycles. The molecule has 0 unspecified atom stereocenters. The van der Waals surface area contributed by atoms with Crippen LogP contribution in [0.4, 0.5) is 0 Å². The van der Waals surface area contributed by atoms with Gasteiger partial charge in [0.05, 0.1) is 13.0 Å². The number of esters is 1. The summed E-state index contributed by atoms with van der Waals surface area (Å²) in [4.78, 5) is 37.6. The van der Waals surface area contributed by atoms with Crippen LogP contribution in [0.3, 0.4) is 0 Å². The van der Waals surface area contributed by atoms with Gasteiger partial charge in [-0.15, -0.1) is 0 Å². The standard InChI is InChI=1S/C23H23NO4/c1-28-23(27)21(14-7-6-8-15(25)13-14)24-22(26)20-18-11-4-2-9-16(18)17-10-3-5-12-19(17)20/h2-5,9-12,14,20-21H,6-8,13H2,1H3,(H,24,26)/t14-,21+/m1/s1. The van der Waals surface area contributed by atoms with E-state index in [1.165, 1.54) is 7.11 Å². The second-order valence-corrected chi connectivity index (χ2v) is 7.51. The Hall–Kier alpha value is -2.95. The van der Waals surface area contributed by atoms with Crippen LogP contribution >= 0.6 is 0 Å². The zero-order valence-electron chi connectivity index (χ0n) is 15.8. The van der Waals surface area contributed by atoms with Crippen molar-refractivity contribution in [3.8, 4) is 11.1 Å². The van der Waals surface area contributed by atoms with Gasteiger partial charge in [0.15, 0.2) is 0 Å². The molecule has 0 radical (unpaired) electrons. The Bertz CT molecular complexity index is 890. The molecule has 1 N–H and O–H groups in total. The highest BCUT2D eigenvalue weighted by atomic mass is 16.5. The smallest absolute Gasteiger partial charge is 0.328 e. The minimum atomic E-state index is -0.804. The minimum absolute atomic E-state index is 0.135. The van der Waals surface area contributed by atoms with E-state index < -0.39 is 17.9 Å². The van der Waals surface area contributed by atoms with Crippen LogP contribution in [0.5, 0.6) is 0 Å². The lowest BCUT2D eigenvalue weighted by Gasteiger charge is -2.29. The van der Waals surface area contributed by atoms with Gasteiger partial charge in [0.2, 0.25) is 5.91 Å². The molecule has 1 fully saturated rings. The van der Waals surface area contributed by atoms with Crippen molar-refractivity contribution in [3.05, 3.63) is 59.7 Å². The summed E-state index contributed by atoms with van der Waals surface area (Å²) in [5.74, 6) is -1.28. The molecule has 0 spiro atoms. The van der Waals surface area contributed by atoms with E-state index in [1.807, 2.05) is 48.5 Å². The first-order valence-electron chi connectivity index (χ1n) is 9.68. The third kappa shape index (κ3) is 3.21. The predicted molar refractivity (Wildman–Crippen MR) is 105 cm³/mol. The number of ketones is 1. The molecule has 5 nitrogen and oxygen atoms in total. The van der Waals surface area contributed by atoms with E-state index >= 15 is 0 Å². The summed E-state index contributed by atoms with van der Waals surface area (Å²) < 4.78 is 4.94. The molecule has 0 heterocycles. The van der Waals surface area contributed by atoms with Gasteiger partial charge in [-0.3, -0.25) is 9.59 Å². The zero-order valence-corrected chi connectivity index (χ0v) is 15.8. The average molecular weight is 377 g/mol. The van der Waals surface area contributed by atoms with E-state index in [-0.39, 0.29) is 17.6 Å². The van der Waals surface area contributed by atoms with Crippen LogP contribution in [-0.4, -0.2) is 30.8 Å². The number of hydrogen-bond acceptors (Lipinski definition) is 4. The van der Waals surface area contributed by atoms with Gasteiger partial charge in [0.1, 0.15) is 11.8 Å². The minimum Gasteiger partial charge on any atom is -0.467 e. The lowest BCUT2D eigenvalue weighted by Crippen LogP contribution is -2.49. The van der Waals surface area contributed by atoms with Gasteiger partial charge < -0.3 is 10.1 Å². The number of amides is 1. The van der Waals surface area contributed by atoms with Crippen LogP contribution in [-0.2, 0) is 19.1 Å². The first kappa shape index (κ1) is 18.4. The summed E-state index contributed by atoms with van der Waals surface area (Å²) in [6.07, 6.45) is 2.31. The Morgan fingerprint density at radius 1 is 1.04 bits per heavy atom. The molecule has 0 saturated heterocycles. The van der Waals surface area contributed by atoms with Crippen LogP contribution in [0.1, 0.15) is 42.7 Å². The van der Waals surface area contributed by atoms with Crippen LogP contribution in [0.25, 0.3) is 11.1 Å². The molecule has 0 bridgehead atoms. The van der Waals surface area contributed by atoms with Crippen molar-refractivity contribution in [2.24, 2.45) is 5.92 Å². The Balaban J connectivity index is 1.64. The molecule has 2 aromatic rings. The highest BCUT2D eigenvalue weighted by Crippen LogP contribution is 2.44. The number of fused-ring (bicyclic) bond motifs is 3. The van der Waals surface area contributed by atoms with Gasteiger partial charge in [-0.2, -0.15) is 0 Å². The first-order valence-corrected chi connectivity index (χ1v) is 9.68. The van der Waals surface area contributed by atoms with Crippen LogP contribution in [0, 0.1) is 5.92 Å². The molecule has 2 aliphatic carbocycles. The van der Waals surface area contributed by atoms with Crippen molar-refractivity contribution in [2.75, 3.05) is 7.11 Å². The van der Waals surface area contributed by atoms with Crippen molar-refractivity contribution in [1.82, 2.24) is 5.32 Å². The second kappa shape index (κ2) is 7.58. The Morgan fingerprint density at radius 3 is 2.21 bits per heavy atom. The van der Waals surface area contributed by atoms with Gasteiger partial charge in [0.25, 0.3) is 0 Å². The maximum absolute atomic E-state index is 13.3. The number of benzene rings is 2. The molecule has 2 aliphatic rings. The molecule has 2 aromatic carbocycles. The maximum atomic E-state index is 13.3. The van der Waals surface area contributed by atoms with Crippen LogP contribution in [0.2, 0.25) is 0 Å². The summed E-state index contributed by atoms with van der Waals surface area (Å²) in [7, 11) is 1.31. The predicted octanol–water partition coefficient (Wildman–Crippen LogP) is 3.22. The van der Waals surface area contributed by atoms with E-state index in [0.29, 0.717) is 12.8 Å². The van der Waals surface area contributed by atoms with Crippen LogP contribution in [0.15, 0.2) is 48.5 Å². The van der Waals surface area contributed by atoms with E-state index in [9.17, 15) is 14.4 Å². The fourth-order valence-corrected chi connectivity index (χ4v) is 4.51. The highest BCUT2D eigenvalue weighted by Gasteiger charge is 2.39. The quantitative estimate of drug-likeness (QED) is 0.831. The summed E-state index contributed by atoms with van der Waals surface area (Å²) in [6.45, 7) is 0. The zero-order chi connectivity index (χ0) is 19.7. The van der Waals surface area contributed by atoms with E-state index in [0.717, 1.165) is 35.1 Å². The molecule has 0 aliphatic heterocycles. The van der Waals surface area contributed by atoms with Crippen molar-refractivity contribution in [3.63, 3.8) is 0 Å². The summed E-state index contributed by atoms with van der Waals surface area (Å²) in [6, 6.07) is 14.9. The Labute approximate surface area is 164 Å². The molecule has 2 atom stereocenters. The maximum Gasteiger partial charge on any atom is 0.328 e. The van der Waals surface area contributed by atoms with E-state index in [2.05, 4.69) is 5.32 Å². The molecule has 1 amide bonds. The van der Waals surface area contributed by atoms with Crippen LogP contribution < -0.4 is 5.32 Å². The van der Waals surface area contributed by atoms with Crippen molar-refractivity contribution in [2.45, 2.75) is 37.6 Å². The largest absolute Gasteiger partial charge is 0.467 e. The van der Waals surface area contributed by atoms with Gasteiger partial charge in [-0.25, -0.2) is 4.79 Å². The number of carbonyl (C=O) groups is 3. The van der Waals surface area contributed by atoms with E-state index in [4.69, 9.17) is 4.74 Å². The Morgan fingerprint density at radius 2 is 1.64 bits per heavy atom. The normalized spacial score (nSPS) is 19.5. The number of nitrogens with one attached hydrogen (secondary N) is 1. The molecule has 144 valence electrons. The van der Waals surface area contributed by atoms with Gasteiger partial charge in [-0.05, 0) is 41.0 Å². The van der Waals surface area contributed by atoms with Gasteiger partial charge in [-0.1, -0.05) is 48.5 Å². The average Bonchev–Trinajstić information content (AvgIpc) is 3.06. The monoisotopic (exact) mass is 377 g/mol. The SMILES string of the molecule is COC(=O)[C@@H](NC(=O)C1c2ccccc2-c2ccccc21)[C@@H]1CCCC(=O)C1. The number of rotatable bonds is 4. The molecule has 28 heavy (non-hydrogen) atoms. The molecule has 5 heteroatoms. The van der Waals surface area contributed by atoms with Crippen molar-refractivity contribution < 1.29 is 19.1 Å². The number of Topliss-reactive ketones (excluding diaryl/α,β-unsaturated/α-hetero) is 1. The Kier molecular flexibility index (Phi) is 4.99. The second-order valence-electron chi connectivity index (χ2n) is 7.51. The van der Waals surface area contributed by atoms with E-state index in [1.54, 1.807) is 0 Å². The van der Waals surface area contributed by atoms with Gasteiger partial charge >= 0.3 is 5.97 Å². The molecular weight excluding hydrogens is 354 g/mol. The highest BCUT2D eigenvalue weighted by molar-refractivity contribution is 5.98. The summed E-state index contributed by atoms with van der Waals surface area (Å²) >= 11 is 0. The van der Waals surface area contributed by atoms with Gasteiger partial charge in [0, 0.05) is 12.8 Å². The lowest BCUT2D eigenvalue weighted by atomic mass is 9.82. The molecule has 1 saturated carbocycles. The lowest BCUT2D eigenvalue weighted by molar-refractivity contribution is -0.147. The third-order valence-electron chi connectivity index (χ3n) is 5.84. The number of methoxy groups -OCH3 is 1. The number of ether oxygens (including phenoxy) is 1. The topological polar surface area (TPSA) is 72.5 Å². The molecule has 4 rings (SSSR count). The number of hydrogen-bond donors (Lipinski definition) is 1. The number of carbonyl (C=O) groups excluding carboxylic acids is 3. The van der Waals surface area contributed by atoms with Crippen molar-refractivity contribution in [1.29, 1.82) is 0 Å². The third-order valence-corrected chi connectivity index (χ3v) is 5.84. The summed E-state index contributed by atoms with van der Waals surface area (Å²) in [5.41, 5.74) is 3.95. The van der Waals surface area contributed by atoms with Crippen molar-refractivity contribution >= 4 is 17.7 Å². The summed E-state index contributed by atoms with van der Waals surface area (Å²) in [5, 5.41) is 2.92. The first-order chi connectivity index (χ1) is 13.6. The molecular formula is C23H23NO4. The fraction of sp³-hybridized carbons (Fsp3) is 0.348.